The van der Waals surface area contributed by atoms with E-state index >= 15 is 0 Å². The summed E-state index contributed by atoms with van der Waals surface area (Å²) in [7, 11) is 1.61. The number of methoxy groups -OCH3 is 1. The molecule has 0 aromatic heterocycles. The Balaban J connectivity index is 1.44. The quantitative estimate of drug-likeness (QED) is 0.526. The Morgan fingerprint density at radius 3 is 2.46 bits per heavy atom. The predicted octanol–water partition coefficient (Wildman–Crippen LogP) is 3.19. The van der Waals surface area contributed by atoms with Gasteiger partial charge in [0, 0.05) is 32.2 Å². The van der Waals surface area contributed by atoms with Crippen molar-refractivity contribution >= 4 is 11.8 Å². The highest BCUT2D eigenvalue weighted by molar-refractivity contribution is 5.91. The smallest absolute Gasteiger partial charge is 0.268 e. The van der Waals surface area contributed by atoms with Gasteiger partial charge < -0.3 is 29.2 Å². The maximum Gasteiger partial charge on any atom is 0.268 e. The number of amides is 2. The van der Waals surface area contributed by atoms with Crippen LogP contribution in [0.25, 0.3) is 0 Å². The number of nitrogens with zero attached hydrogens (tertiary/aromatic N) is 2. The normalized spacial score (nSPS) is 20.6. The second-order valence-electron chi connectivity index (χ2n) is 10.4. The first-order chi connectivity index (χ1) is 19.1. The van der Waals surface area contributed by atoms with Crippen molar-refractivity contribution in [3.05, 3.63) is 54.1 Å². The van der Waals surface area contributed by atoms with Crippen molar-refractivity contribution in [3.8, 4) is 17.2 Å². The van der Waals surface area contributed by atoms with Crippen molar-refractivity contribution < 1.29 is 28.5 Å². The predicted molar refractivity (Wildman–Crippen MR) is 146 cm³/mol. The molecule has 2 atom stereocenters. The third kappa shape index (κ3) is 6.83. The van der Waals surface area contributed by atoms with E-state index in [0.29, 0.717) is 43.6 Å². The minimum Gasteiger partial charge on any atom is -0.497 e. The molecule has 39 heavy (non-hydrogen) atoms. The number of carbonyl (C=O) groups is 2. The number of para-hydroxylation sites is 2. The summed E-state index contributed by atoms with van der Waals surface area (Å²) in [4.78, 5) is 32.1. The molecule has 3 aliphatic rings. The lowest BCUT2D eigenvalue weighted by molar-refractivity contribution is -0.149. The molecule has 0 spiro atoms. The Bertz CT molecular complexity index is 1100. The molecule has 1 saturated heterocycles. The molecule has 9 heteroatoms. The molecule has 2 amide bonds. The second kappa shape index (κ2) is 13.2. The van der Waals surface area contributed by atoms with E-state index < -0.39 is 12.1 Å². The van der Waals surface area contributed by atoms with E-state index in [1.54, 1.807) is 18.1 Å². The number of hydrogen-bond acceptors (Lipinski definition) is 7. The number of nitrogens with one attached hydrogen (secondary N) is 1. The molecule has 2 aliphatic heterocycles. The van der Waals surface area contributed by atoms with Crippen LogP contribution in [0.2, 0.25) is 0 Å². The van der Waals surface area contributed by atoms with E-state index in [4.69, 9.17) is 18.9 Å². The van der Waals surface area contributed by atoms with Gasteiger partial charge in [0.25, 0.3) is 5.91 Å². The Kier molecular flexibility index (Phi) is 9.21. The van der Waals surface area contributed by atoms with E-state index in [2.05, 4.69) is 10.2 Å². The minimum atomic E-state index is -0.854. The highest BCUT2D eigenvalue weighted by Gasteiger charge is 2.39. The molecule has 2 heterocycles. The average Bonchev–Trinajstić information content (AvgIpc) is 2.99. The van der Waals surface area contributed by atoms with Gasteiger partial charge >= 0.3 is 0 Å². The topological polar surface area (TPSA) is 89.6 Å². The highest BCUT2D eigenvalue weighted by Crippen LogP contribution is 2.33. The largest absolute Gasteiger partial charge is 0.497 e. The van der Waals surface area contributed by atoms with Gasteiger partial charge in [-0.1, -0.05) is 43.5 Å². The molecule has 1 aliphatic carbocycles. The zero-order valence-electron chi connectivity index (χ0n) is 22.7. The lowest BCUT2D eigenvalue weighted by Crippen LogP contribution is -2.54. The van der Waals surface area contributed by atoms with Crippen molar-refractivity contribution in [1.29, 1.82) is 0 Å². The number of hydrogen-bond donors (Lipinski definition) is 1. The zero-order chi connectivity index (χ0) is 27.0. The summed E-state index contributed by atoms with van der Waals surface area (Å²) in [6.45, 7) is 3.99. The third-order valence-electron chi connectivity index (χ3n) is 7.77. The number of morpholine rings is 1. The molecule has 9 nitrogen and oxygen atoms in total. The third-order valence-corrected chi connectivity index (χ3v) is 7.77. The van der Waals surface area contributed by atoms with Crippen LogP contribution < -0.4 is 19.5 Å². The van der Waals surface area contributed by atoms with E-state index in [0.717, 1.165) is 44.3 Å². The van der Waals surface area contributed by atoms with Crippen LogP contribution in [-0.4, -0.2) is 86.9 Å². The highest BCUT2D eigenvalue weighted by atomic mass is 16.6. The van der Waals surface area contributed by atoms with E-state index in [9.17, 15) is 9.59 Å². The monoisotopic (exact) mass is 537 g/mol. The number of carbonyl (C=O) groups excluding carboxylic acids is 2. The van der Waals surface area contributed by atoms with Crippen LogP contribution in [0.4, 0.5) is 0 Å². The summed E-state index contributed by atoms with van der Waals surface area (Å²) in [5.74, 6) is 1.40. The standard InChI is InChI=1S/C30H39N3O6/c1-36-24-13-11-22(12-14-24)28(29(34)31-23-7-3-2-4-8-23)33(16-15-32-17-19-37-20-18-32)30(35)27-21-38-25-9-5-6-10-26(25)39-27/h5-6,9-14,23,27-28H,2-4,7-8,15-21H2,1H3,(H,31,34)/t27-,28-/m0/s1. The molecule has 210 valence electrons. The Labute approximate surface area is 230 Å². The van der Waals surface area contributed by atoms with Crippen molar-refractivity contribution in [2.75, 3.05) is 53.1 Å². The van der Waals surface area contributed by atoms with Crippen molar-refractivity contribution in [1.82, 2.24) is 15.1 Å². The fourth-order valence-corrected chi connectivity index (χ4v) is 5.55. The van der Waals surface area contributed by atoms with Crippen molar-refractivity contribution in [2.45, 2.75) is 50.3 Å². The Morgan fingerprint density at radius 1 is 1.03 bits per heavy atom. The number of ether oxygens (including phenoxy) is 4. The first kappa shape index (κ1) is 27.3. The van der Waals surface area contributed by atoms with Crippen LogP contribution >= 0.6 is 0 Å². The lowest BCUT2D eigenvalue weighted by Gasteiger charge is -2.38. The van der Waals surface area contributed by atoms with Crippen LogP contribution in [0.1, 0.15) is 43.7 Å². The summed E-state index contributed by atoms with van der Waals surface area (Å²) in [5, 5.41) is 3.27. The summed E-state index contributed by atoms with van der Waals surface area (Å²) in [5.41, 5.74) is 0.733. The number of rotatable bonds is 9. The maximum absolute atomic E-state index is 14.2. The maximum atomic E-state index is 14.2. The first-order valence-electron chi connectivity index (χ1n) is 14.1. The van der Waals surface area contributed by atoms with Gasteiger partial charge in [-0.05, 0) is 42.7 Å². The van der Waals surface area contributed by atoms with Crippen LogP contribution in [0.5, 0.6) is 17.2 Å². The van der Waals surface area contributed by atoms with Crippen LogP contribution in [-0.2, 0) is 14.3 Å². The van der Waals surface area contributed by atoms with Gasteiger partial charge in [-0.25, -0.2) is 0 Å². The summed E-state index contributed by atoms with van der Waals surface area (Å²) < 4.78 is 22.9. The van der Waals surface area contributed by atoms with Gasteiger partial charge in [0.15, 0.2) is 11.5 Å². The fraction of sp³-hybridized carbons (Fsp3) is 0.533. The van der Waals surface area contributed by atoms with Crippen LogP contribution in [0, 0.1) is 0 Å². The SMILES string of the molecule is COc1ccc([C@@H](C(=O)NC2CCCCC2)N(CCN2CCOCC2)C(=O)[C@@H]2COc3ccccc3O2)cc1. The zero-order valence-corrected chi connectivity index (χ0v) is 22.7. The van der Waals surface area contributed by atoms with Crippen LogP contribution in [0.3, 0.4) is 0 Å². The summed E-state index contributed by atoms with van der Waals surface area (Å²) in [6, 6.07) is 14.0. The summed E-state index contributed by atoms with van der Waals surface area (Å²) in [6.07, 6.45) is 4.46. The molecule has 1 N–H and O–H groups in total. The average molecular weight is 538 g/mol. The Morgan fingerprint density at radius 2 is 1.74 bits per heavy atom. The molecule has 2 fully saturated rings. The van der Waals surface area contributed by atoms with Gasteiger partial charge in [0.2, 0.25) is 12.0 Å². The molecular weight excluding hydrogens is 498 g/mol. The number of fused-ring (bicyclic) bond motifs is 1. The first-order valence-corrected chi connectivity index (χ1v) is 14.1. The molecule has 0 radical (unpaired) electrons. The molecule has 2 aromatic carbocycles. The molecule has 1 saturated carbocycles. The van der Waals surface area contributed by atoms with Crippen LogP contribution in [0.15, 0.2) is 48.5 Å². The van der Waals surface area contributed by atoms with E-state index in [1.807, 2.05) is 42.5 Å². The van der Waals surface area contributed by atoms with Gasteiger partial charge in [-0.15, -0.1) is 0 Å². The fourth-order valence-electron chi connectivity index (χ4n) is 5.55. The molecular formula is C30H39N3O6. The molecule has 2 aromatic rings. The molecule has 5 rings (SSSR count). The molecule has 0 unspecified atom stereocenters. The second-order valence-corrected chi connectivity index (χ2v) is 10.4. The van der Waals surface area contributed by atoms with Gasteiger partial charge in [-0.3, -0.25) is 14.5 Å². The van der Waals surface area contributed by atoms with Gasteiger partial charge in [0.1, 0.15) is 18.4 Å². The minimum absolute atomic E-state index is 0.0868. The van der Waals surface area contributed by atoms with Crippen molar-refractivity contribution in [2.24, 2.45) is 0 Å². The van der Waals surface area contributed by atoms with Gasteiger partial charge in [-0.2, -0.15) is 0 Å². The van der Waals surface area contributed by atoms with Gasteiger partial charge in [0.05, 0.1) is 20.3 Å². The Hall–Kier alpha value is -3.30. The summed E-state index contributed by atoms with van der Waals surface area (Å²) >= 11 is 0. The lowest BCUT2D eigenvalue weighted by atomic mass is 9.94. The van der Waals surface area contributed by atoms with E-state index in [1.165, 1.54) is 6.42 Å². The molecule has 0 bridgehead atoms. The van der Waals surface area contributed by atoms with E-state index in [-0.39, 0.29) is 24.5 Å². The van der Waals surface area contributed by atoms with Crippen molar-refractivity contribution in [3.63, 3.8) is 0 Å². The number of benzene rings is 2.